The van der Waals surface area contributed by atoms with Gasteiger partial charge in [-0.25, -0.2) is 0 Å². The van der Waals surface area contributed by atoms with Crippen molar-refractivity contribution in [3.05, 3.63) is 34.9 Å². The number of carbonyl (C=O) groups is 1. The summed E-state index contributed by atoms with van der Waals surface area (Å²) in [6.07, 6.45) is 0.687. The quantitative estimate of drug-likeness (QED) is 0.902. The molecule has 1 aromatic rings. The van der Waals surface area contributed by atoms with E-state index < -0.39 is 0 Å². The number of hydrogen-bond acceptors (Lipinski definition) is 3. The van der Waals surface area contributed by atoms with Crippen LogP contribution < -0.4 is 0 Å². The first-order valence-electron chi connectivity index (χ1n) is 6.94. The van der Waals surface area contributed by atoms with Crippen molar-refractivity contribution in [1.29, 1.82) is 0 Å². The van der Waals surface area contributed by atoms with E-state index in [2.05, 4.69) is 11.8 Å². The molecular formula is C15H21ClN2O2. The van der Waals surface area contributed by atoms with Gasteiger partial charge in [-0.3, -0.25) is 9.69 Å². The maximum atomic E-state index is 12.4. The van der Waals surface area contributed by atoms with Gasteiger partial charge in [0.15, 0.2) is 0 Å². The van der Waals surface area contributed by atoms with E-state index in [-0.39, 0.29) is 18.1 Å². The summed E-state index contributed by atoms with van der Waals surface area (Å²) in [5.74, 6) is 0.00888. The Bertz CT molecular complexity index is 457. The first-order valence-corrected chi connectivity index (χ1v) is 7.32. The van der Waals surface area contributed by atoms with E-state index in [4.69, 9.17) is 11.6 Å². The number of rotatable bonds is 5. The molecule has 5 heteroatoms. The fraction of sp³-hybridized carbons (Fsp3) is 0.533. The number of amides is 1. The van der Waals surface area contributed by atoms with Crippen molar-refractivity contribution >= 4 is 17.5 Å². The molecule has 20 heavy (non-hydrogen) atoms. The van der Waals surface area contributed by atoms with Crippen LogP contribution in [0.2, 0.25) is 5.02 Å². The molecule has 110 valence electrons. The number of benzene rings is 1. The number of likely N-dealkylation sites (N-methyl/N-ethyl adjacent to an activating group) is 1. The second-order valence-corrected chi connectivity index (χ2v) is 5.79. The Morgan fingerprint density at radius 3 is 2.55 bits per heavy atom. The molecule has 0 spiro atoms. The third-order valence-corrected chi connectivity index (χ3v) is 4.09. The van der Waals surface area contributed by atoms with Gasteiger partial charge in [0.05, 0.1) is 6.10 Å². The second-order valence-electron chi connectivity index (χ2n) is 5.36. The molecule has 0 radical (unpaired) electrons. The molecule has 0 aliphatic carbocycles. The third-order valence-electron chi connectivity index (χ3n) is 3.84. The van der Waals surface area contributed by atoms with Crippen LogP contribution in [-0.4, -0.2) is 59.6 Å². The summed E-state index contributed by atoms with van der Waals surface area (Å²) in [6, 6.07) is 7.12. The minimum Gasteiger partial charge on any atom is -0.390 e. The molecule has 0 saturated carbocycles. The lowest BCUT2D eigenvalue weighted by Gasteiger charge is -2.40. The summed E-state index contributed by atoms with van der Waals surface area (Å²) < 4.78 is 0. The summed E-state index contributed by atoms with van der Waals surface area (Å²) in [7, 11) is 1.83. The fourth-order valence-electron chi connectivity index (χ4n) is 2.48. The fourth-order valence-corrected chi connectivity index (χ4v) is 2.60. The lowest BCUT2D eigenvalue weighted by Crippen LogP contribution is -2.55. The van der Waals surface area contributed by atoms with Gasteiger partial charge in [-0.1, -0.05) is 18.5 Å². The Morgan fingerprint density at radius 1 is 1.45 bits per heavy atom. The molecule has 1 amide bonds. The van der Waals surface area contributed by atoms with Gasteiger partial charge in [0.2, 0.25) is 0 Å². The summed E-state index contributed by atoms with van der Waals surface area (Å²) >= 11 is 5.84. The van der Waals surface area contributed by atoms with Crippen LogP contribution in [0.4, 0.5) is 0 Å². The normalized spacial score (nSPS) is 17.6. The number of aliphatic hydroxyl groups is 1. The lowest BCUT2D eigenvalue weighted by atomic mass is 10.1. The highest BCUT2D eigenvalue weighted by molar-refractivity contribution is 6.30. The molecule has 1 fully saturated rings. The van der Waals surface area contributed by atoms with Crippen LogP contribution in [0, 0.1) is 0 Å². The molecule has 0 aromatic heterocycles. The number of β-amino-alcohol motifs (C(OH)–C–C–N with tert-alkyl or cyclic N) is 1. The van der Waals surface area contributed by atoms with Crippen molar-refractivity contribution in [3.8, 4) is 0 Å². The Kier molecular flexibility index (Phi) is 5.02. The number of aliphatic hydroxyl groups excluding tert-OH is 1. The average molecular weight is 297 g/mol. The zero-order valence-electron chi connectivity index (χ0n) is 11.9. The van der Waals surface area contributed by atoms with Crippen LogP contribution in [-0.2, 0) is 0 Å². The van der Waals surface area contributed by atoms with Gasteiger partial charge >= 0.3 is 0 Å². The molecule has 1 aliphatic rings. The zero-order valence-corrected chi connectivity index (χ0v) is 12.7. The van der Waals surface area contributed by atoms with Gasteiger partial charge < -0.3 is 10.0 Å². The summed E-state index contributed by atoms with van der Waals surface area (Å²) in [5, 5.41) is 9.95. The highest BCUT2D eigenvalue weighted by Gasteiger charge is 2.29. The number of carbonyl (C=O) groups excluding carboxylic acids is 1. The SMILES string of the molecule is CCC(CN1CC(O)C1)N(C)C(=O)c1ccc(Cl)cc1. The minimum absolute atomic E-state index is 0.00888. The van der Waals surface area contributed by atoms with Gasteiger partial charge in [0, 0.05) is 43.3 Å². The van der Waals surface area contributed by atoms with E-state index in [1.165, 1.54) is 0 Å². The predicted octanol–water partition coefficient (Wildman–Crippen LogP) is 1.87. The Labute approximate surface area is 124 Å². The summed E-state index contributed by atoms with van der Waals surface area (Å²) in [5.41, 5.74) is 0.652. The van der Waals surface area contributed by atoms with Gasteiger partial charge in [0.1, 0.15) is 0 Å². The maximum Gasteiger partial charge on any atom is 0.253 e. The molecule has 1 N–H and O–H groups in total. The molecule has 4 nitrogen and oxygen atoms in total. The van der Waals surface area contributed by atoms with Crippen LogP contribution in [0.5, 0.6) is 0 Å². The van der Waals surface area contributed by atoms with Crippen LogP contribution >= 0.6 is 11.6 Å². The average Bonchev–Trinajstić information content (AvgIpc) is 2.41. The minimum atomic E-state index is -0.204. The Morgan fingerprint density at radius 2 is 2.05 bits per heavy atom. The van der Waals surface area contributed by atoms with E-state index in [9.17, 15) is 9.90 Å². The van der Waals surface area contributed by atoms with Gasteiger partial charge in [-0.15, -0.1) is 0 Å². The molecule has 0 bridgehead atoms. The van der Waals surface area contributed by atoms with Crippen molar-refractivity contribution in [3.63, 3.8) is 0 Å². The molecule has 2 rings (SSSR count). The highest BCUT2D eigenvalue weighted by atomic mass is 35.5. The summed E-state index contributed by atoms with van der Waals surface area (Å²) in [6.45, 7) is 4.30. The molecule has 1 unspecified atom stereocenters. The third kappa shape index (κ3) is 3.51. The lowest BCUT2D eigenvalue weighted by molar-refractivity contribution is -0.0108. The Balaban J connectivity index is 1.98. The van der Waals surface area contributed by atoms with Crippen LogP contribution in [0.1, 0.15) is 23.7 Å². The van der Waals surface area contributed by atoms with Crippen molar-refractivity contribution in [1.82, 2.24) is 9.80 Å². The van der Waals surface area contributed by atoms with E-state index in [0.29, 0.717) is 23.7 Å². The zero-order chi connectivity index (χ0) is 14.7. The predicted molar refractivity (Wildman–Crippen MR) is 80.1 cm³/mol. The van der Waals surface area contributed by atoms with E-state index in [1.54, 1.807) is 29.2 Å². The molecule has 1 aromatic carbocycles. The number of likely N-dealkylation sites (tertiary alicyclic amines) is 1. The highest BCUT2D eigenvalue weighted by Crippen LogP contribution is 2.16. The van der Waals surface area contributed by atoms with Gasteiger partial charge in [-0.05, 0) is 30.7 Å². The van der Waals surface area contributed by atoms with Gasteiger partial charge in [0.25, 0.3) is 5.91 Å². The maximum absolute atomic E-state index is 12.4. The van der Waals surface area contributed by atoms with Crippen molar-refractivity contribution in [2.24, 2.45) is 0 Å². The number of nitrogens with zero attached hydrogens (tertiary/aromatic N) is 2. The van der Waals surface area contributed by atoms with Crippen LogP contribution in [0.3, 0.4) is 0 Å². The first-order chi connectivity index (χ1) is 9.51. The Hall–Kier alpha value is -1.10. The molecule has 1 atom stereocenters. The van der Waals surface area contributed by atoms with Crippen molar-refractivity contribution < 1.29 is 9.90 Å². The molecule has 1 saturated heterocycles. The van der Waals surface area contributed by atoms with E-state index in [1.807, 2.05) is 7.05 Å². The number of hydrogen-bond donors (Lipinski definition) is 1. The monoisotopic (exact) mass is 296 g/mol. The standard InChI is InChI=1S/C15H21ClN2O2/c1-3-13(8-18-9-14(19)10-18)17(2)15(20)11-4-6-12(16)7-5-11/h4-7,13-14,19H,3,8-10H2,1-2H3. The molecule has 1 heterocycles. The second kappa shape index (κ2) is 6.57. The topological polar surface area (TPSA) is 43.8 Å². The first kappa shape index (κ1) is 15.3. The molecular weight excluding hydrogens is 276 g/mol. The number of halogens is 1. The van der Waals surface area contributed by atoms with Crippen LogP contribution in [0.25, 0.3) is 0 Å². The molecule has 1 aliphatic heterocycles. The van der Waals surface area contributed by atoms with E-state index >= 15 is 0 Å². The van der Waals surface area contributed by atoms with Crippen molar-refractivity contribution in [2.75, 3.05) is 26.7 Å². The smallest absolute Gasteiger partial charge is 0.253 e. The summed E-state index contributed by atoms with van der Waals surface area (Å²) in [4.78, 5) is 16.4. The van der Waals surface area contributed by atoms with Crippen molar-refractivity contribution in [2.45, 2.75) is 25.5 Å². The largest absolute Gasteiger partial charge is 0.390 e. The van der Waals surface area contributed by atoms with Gasteiger partial charge in [-0.2, -0.15) is 0 Å². The van der Waals surface area contributed by atoms with E-state index in [0.717, 1.165) is 13.0 Å². The van der Waals surface area contributed by atoms with Crippen LogP contribution in [0.15, 0.2) is 24.3 Å².